The Kier molecular flexibility index (Phi) is 10.3. The van der Waals surface area contributed by atoms with Crippen LogP contribution in [0.2, 0.25) is 18.6 Å². The number of methoxy groups -OCH3 is 1. The Morgan fingerprint density at radius 1 is 1.02 bits per heavy atom. The molecule has 2 aliphatic rings. The number of aryl methyl sites for hydroxylation is 1. The molecule has 280 valence electrons. The molecule has 7 rings (SSSR count). The Morgan fingerprint density at radius 3 is 2.35 bits per heavy atom. The lowest BCUT2D eigenvalue weighted by Gasteiger charge is -2.37. The number of ether oxygens (including phenoxy) is 2. The second-order valence-corrected chi connectivity index (χ2v) is 19.6. The van der Waals surface area contributed by atoms with E-state index in [4.69, 9.17) is 9.47 Å². The van der Waals surface area contributed by atoms with Crippen LogP contribution in [0.15, 0.2) is 109 Å². The van der Waals surface area contributed by atoms with Gasteiger partial charge in [0.25, 0.3) is 11.8 Å². The fraction of sp³-hybridized carbons (Fsp3) is 0.333. The largest absolute Gasteiger partial charge is 0.497 e. The molecule has 2 amide bonds. The van der Waals surface area contributed by atoms with Crippen molar-refractivity contribution in [3.63, 3.8) is 0 Å². The second kappa shape index (κ2) is 14.9. The third-order valence-electron chi connectivity index (χ3n) is 11.3. The Morgan fingerprint density at radius 2 is 1.70 bits per heavy atom. The van der Waals surface area contributed by atoms with Crippen LogP contribution in [-0.2, 0) is 26.5 Å². The number of rotatable bonds is 12. The van der Waals surface area contributed by atoms with Crippen LogP contribution >= 0.6 is 0 Å². The first-order valence-electron chi connectivity index (χ1n) is 18.4. The number of benzene rings is 4. The van der Waals surface area contributed by atoms with E-state index in [0.29, 0.717) is 35.6 Å². The van der Waals surface area contributed by atoms with Crippen LogP contribution < -0.4 is 20.1 Å². The summed E-state index contributed by atoms with van der Waals surface area (Å²) in [6.45, 7) is 8.58. The van der Waals surface area contributed by atoms with E-state index in [0.717, 1.165) is 17.0 Å². The second-order valence-electron chi connectivity index (χ2n) is 14.9. The lowest BCUT2D eigenvalue weighted by molar-refractivity contribution is -0.145. The van der Waals surface area contributed by atoms with Gasteiger partial charge in [-0.2, -0.15) is 0 Å². The Bertz CT molecular complexity index is 2110. The van der Waals surface area contributed by atoms with Crippen LogP contribution in [0, 0.1) is 5.92 Å². The van der Waals surface area contributed by atoms with Gasteiger partial charge in [-0.25, -0.2) is 0 Å². The number of amides is 2. The van der Waals surface area contributed by atoms with Crippen LogP contribution in [-0.4, -0.2) is 71.0 Å². The maximum absolute atomic E-state index is 15.2. The minimum absolute atomic E-state index is 0.0355. The van der Waals surface area contributed by atoms with E-state index in [9.17, 15) is 15.0 Å². The van der Waals surface area contributed by atoms with Crippen molar-refractivity contribution >= 4 is 42.1 Å². The molecule has 1 fully saturated rings. The SMILES string of the molecule is COc1ccc([Si](C)(C)[C@@H]2[C@@H](CCn3cc(C(CO)c4ccccc4)nn3)O[C@]3(C(=O)N(c4ccccc4)c4ccc(NC(=O)[C@H](C)O)cc43)[C@H]2C)cc1. The molecule has 4 aromatic carbocycles. The molecule has 5 aromatic rings. The smallest absolute Gasteiger partial charge is 0.268 e. The molecule has 0 aliphatic carbocycles. The Labute approximate surface area is 316 Å². The third-order valence-corrected chi connectivity index (χ3v) is 15.7. The van der Waals surface area contributed by atoms with Crippen molar-refractivity contribution in [3.05, 3.63) is 126 Å². The fourth-order valence-corrected chi connectivity index (χ4v) is 12.6. The summed E-state index contributed by atoms with van der Waals surface area (Å²) in [6.07, 6.45) is 0.863. The summed E-state index contributed by atoms with van der Waals surface area (Å²) in [6, 6.07) is 33.0. The first-order chi connectivity index (χ1) is 26.0. The molecular formula is C42H47N5O6Si. The fourth-order valence-electron chi connectivity index (χ4n) is 8.56. The highest BCUT2D eigenvalue weighted by molar-refractivity contribution is 6.91. The molecule has 1 spiro atoms. The summed E-state index contributed by atoms with van der Waals surface area (Å²) < 4.78 is 14.6. The summed E-state index contributed by atoms with van der Waals surface area (Å²) in [5.74, 6) is -0.535. The van der Waals surface area contributed by atoms with E-state index in [1.807, 2.05) is 91.1 Å². The zero-order valence-electron chi connectivity index (χ0n) is 31.2. The van der Waals surface area contributed by atoms with Crippen molar-refractivity contribution in [1.82, 2.24) is 15.0 Å². The topological polar surface area (TPSA) is 139 Å². The third kappa shape index (κ3) is 6.53. The van der Waals surface area contributed by atoms with Crippen molar-refractivity contribution < 1.29 is 29.3 Å². The zero-order chi connectivity index (χ0) is 38.2. The molecule has 0 radical (unpaired) electrons. The van der Waals surface area contributed by atoms with Crippen molar-refractivity contribution in [2.45, 2.75) is 69.2 Å². The summed E-state index contributed by atoms with van der Waals surface area (Å²) in [4.78, 5) is 29.6. The van der Waals surface area contributed by atoms with Crippen LogP contribution in [0.5, 0.6) is 5.75 Å². The molecule has 1 saturated heterocycles. The first-order valence-corrected chi connectivity index (χ1v) is 21.5. The number of hydrogen-bond donors (Lipinski definition) is 3. The quantitative estimate of drug-likeness (QED) is 0.138. The van der Waals surface area contributed by atoms with Gasteiger partial charge in [0.1, 0.15) is 11.9 Å². The maximum atomic E-state index is 15.2. The minimum atomic E-state index is -2.44. The van der Waals surface area contributed by atoms with Gasteiger partial charge in [-0.1, -0.05) is 91.1 Å². The van der Waals surface area contributed by atoms with Crippen LogP contribution in [0.3, 0.4) is 0 Å². The van der Waals surface area contributed by atoms with Gasteiger partial charge in [0.15, 0.2) is 5.60 Å². The van der Waals surface area contributed by atoms with E-state index in [2.05, 4.69) is 47.8 Å². The minimum Gasteiger partial charge on any atom is -0.497 e. The Hall–Kier alpha value is -5.14. The van der Waals surface area contributed by atoms with Crippen LogP contribution in [0.4, 0.5) is 17.1 Å². The Balaban J connectivity index is 1.30. The summed E-state index contributed by atoms with van der Waals surface area (Å²) in [7, 11) is -0.787. The van der Waals surface area contributed by atoms with Crippen molar-refractivity contribution in [3.8, 4) is 5.75 Å². The van der Waals surface area contributed by atoms with Crippen LogP contribution in [0.25, 0.3) is 0 Å². The molecule has 1 aromatic heterocycles. The van der Waals surface area contributed by atoms with Gasteiger partial charge in [0.05, 0.1) is 45.2 Å². The zero-order valence-corrected chi connectivity index (χ0v) is 32.2. The van der Waals surface area contributed by atoms with Gasteiger partial charge in [0, 0.05) is 35.6 Å². The standard InChI is InChI=1S/C42H47N5O6Si/c1-27-39(54(4,5)33-19-17-32(52-3)18-20-33)38(22-23-46-25-36(44-45-46)34(26-48)29-12-8-6-9-13-29)53-42(27)35-24-30(43-40(50)28(2)49)16-21-37(35)47(41(42)51)31-14-10-7-11-15-31/h6-21,24-25,27-28,34,38-39,48-49H,22-23,26H2,1-5H3,(H,43,50)/t27-,28-,34?,38+,39-,42+/m0/s1. The normalized spacial score (nSPS) is 21.9. The monoisotopic (exact) mass is 745 g/mol. The van der Waals surface area contributed by atoms with E-state index in [1.165, 1.54) is 12.1 Å². The molecule has 54 heavy (non-hydrogen) atoms. The van der Waals surface area contributed by atoms with Gasteiger partial charge in [-0.15, -0.1) is 5.10 Å². The highest BCUT2D eigenvalue weighted by Gasteiger charge is 2.66. The van der Waals surface area contributed by atoms with Gasteiger partial charge in [-0.05, 0) is 66.9 Å². The van der Waals surface area contributed by atoms with E-state index in [-0.39, 0.29) is 36.0 Å². The molecule has 11 nitrogen and oxygen atoms in total. The number of aliphatic hydroxyl groups excluding tert-OH is 2. The summed E-state index contributed by atoms with van der Waals surface area (Å²) >= 11 is 0. The first kappa shape index (κ1) is 37.2. The van der Waals surface area contributed by atoms with Crippen molar-refractivity contribution in [1.29, 1.82) is 0 Å². The molecule has 3 N–H and O–H groups in total. The molecular weight excluding hydrogens is 699 g/mol. The lowest BCUT2D eigenvalue weighted by Crippen LogP contribution is -2.51. The number of anilines is 3. The molecule has 0 saturated carbocycles. The average molecular weight is 746 g/mol. The number of aliphatic hydroxyl groups is 2. The number of carbonyl (C=O) groups excluding carboxylic acids is 2. The number of aromatic nitrogens is 3. The number of hydrogen-bond acceptors (Lipinski definition) is 8. The molecule has 2 aliphatic heterocycles. The molecule has 12 heteroatoms. The van der Waals surface area contributed by atoms with Gasteiger partial charge in [0.2, 0.25) is 0 Å². The number of para-hydroxylation sites is 1. The predicted octanol–water partition coefficient (Wildman–Crippen LogP) is 5.71. The maximum Gasteiger partial charge on any atom is 0.268 e. The average Bonchev–Trinajstić information content (AvgIpc) is 3.84. The van der Waals surface area contributed by atoms with E-state index >= 15 is 4.79 Å². The summed E-state index contributed by atoms with van der Waals surface area (Å²) in [5, 5.41) is 33.2. The highest BCUT2D eigenvalue weighted by Crippen LogP contribution is 2.61. The van der Waals surface area contributed by atoms with Crippen molar-refractivity contribution in [2.75, 3.05) is 23.9 Å². The number of fused-ring (bicyclic) bond motifs is 2. The highest BCUT2D eigenvalue weighted by atomic mass is 28.3. The molecule has 0 bridgehead atoms. The van der Waals surface area contributed by atoms with Crippen molar-refractivity contribution in [2.24, 2.45) is 5.92 Å². The van der Waals surface area contributed by atoms with Gasteiger partial charge < -0.3 is 25.0 Å². The molecule has 1 unspecified atom stereocenters. The van der Waals surface area contributed by atoms with E-state index < -0.39 is 25.7 Å². The van der Waals surface area contributed by atoms with Gasteiger partial charge in [-0.3, -0.25) is 19.2 Å². The lowest BCUT2D eigenvalue weighted by atomic mass is 9.82. The number of carbonyl (C=O) groups is 2. The van der Waals surface area contributed by atoms with Crippen LogP contribution in [0.1, 0.15) is 43.0 Å². The summed E-state index contributed by atoms with van der Waals surface area (Å²) in [5.41, 5.74) is 2.78. The van der Waals surface area contributed by atoms with Gasteiger partial charge >= 0.3 is 0 Å². The molecule has 6 atom stereocenters. The number of nitrogens with zero attached hydrogens (tertiary/aromatic N) is 4. The number of nitrogens with one attached hydrogen (secondary N) is 1. The van der Waals surface area contributed by atoms with E-state index in [1.54, 1.807) is 22.8 Å². The predicted molar refractivity (Wildman–Crippen MR) is 210 cm³/mol. The molecule has 3 heterocycles.